The Hall–Kier alpha value is 0.430. The second-order valence-corrected chi connectivity index (χ2v) is 6.08. The summed E-state index contributed by atoms with van der Waals surface area (Å²) < 4.78 is 1.17. The van der Waals surface area contributed by atoms with Gasteiger partial charge in [0.25, 0.3) is 0 Å². The highest BCUT2D eigenvalue weighted by molar-refractivity contribution is 9.10. The zero-order chi connectivity index (χ0) is 10.6. The van der Waals surface area contributed by atoms with Crippen LogP contribution in [0.2, 0.25) is 0 Å². The zero-order valence-electron chi connectivity index (χ0n) is 8.44. The van der Waals surface area contributed by atoms with E-state index < -0.39 is 0 Å². The van der Waals surface area contributed by atoms with Gasteiger partial charge in [-0.15, -0.1) is 22.9 Å². The lowest BCUT2D eigenvalue weighted by Gasteiger charge is -2.23. The Morgan fingerprint density at radius 3 is 2.79 bits per heavy atom. The SMILES string of the molecule is CC(C)(CNCCCl)c1cc(Br)cs1. The average molecular weight is 297 g/mol. The lowest BCUT2D eigenvalue weighted by Crippen LogP contribution is -2.33. The molecule has 0 spiro atoms. The molecule has 0 aliphatic carbocycles. The van der Waals surface area contributed by atoms with Gasteiger partial charge in [-0.1, -0.05) is 13.8 Å². The Morgan fingerprint density at radius 1 is 1.57 bits per heavy atom. The lowest BCUT2D eigenvalue weighted by atomic mass is 9.91. The van der Waals surface area contributed by atoms with Crippen molar-refractivity contribution in [2.45, 2.75) is 19.3 Å². The second-order valence-electron chi connectivity index (χ2n) is 3.88. The normalized spacial score (nSPS) is 12.0. The number of halogens is 2. The molecule has 0 aliphatic rings. The summed E-state index contributed by atoms with van der Waals surface area (Å²) in [7, 11) is 0. The Bertz CT molecular complexity index is 285. The first kappa shape index (κ1) is 12.5. The Morgan fingerprint density at radius 2 is 2.29 bits per heavy atom. The van der Waals surface area contributed by atoms with Crippen LogP contribution in [0.15, 0.2) is 15.9 Å². The van der Waals surface area contributed by atoms with E-state index in [2.05, 4.69) is 46.5 Å². The van der Waals surface area contributed by atoms with Crippen molar-refractivity contribution in [2.75, 3.05) is 19.0 Å². The van der Waals surface area contributed by atoms with Crippen LogP contribution in [0.5, 0.6) is 0 Å². The van der Waals surface area contributed by atoms with Crippen LogP contribution in [0, 0.1) is 0 Å². The highest BCUT2D eigenvalue weighted by atomic mass is 79.9. The van der Waals surface area contributed by atoms with Gasteiger partial charge in [-0.3, -0.25) is 0 Å². The summed E-state index contributed by atoms with van der Waals surface area (Å²) in [6, 6.07) is 2.19. The van der Waals surface area contributed by atoms with Crippen molar-refractivity contribution in [2.24, 2.45) is 0 Å². The lowest BCUT2D eigenvalue weighted by molar-refractivity contribution is 0.486. The van der Waals surface area contributed by atoms with Gasteiger partial charge < -0.3 is 5.32 Å². The molecule has 0 unspecified atom stereocenters. The van der Waals surface area contributed by atoms with Crippen LogP contribution < -0.4 is 5.32 Å². The number of hydrogen-bond donors (Lipinski definition) is 1. The maximum Gasteiger partial charge on any atom is 0.0348 e. The van der Waals surface area contributed by atoms with Crippen LogP contribution in [0.1, 0.15) is 18.7 Å². The fourth-order valence-corrected chi connectivity index (χ4v) is 2.91. The molecule has 0 fully saturated rings. The van der Waals surface area contributed by atoms with Gasteiger partial charge in [0.15, 0.2) is 0 Å². The van der Waals surface area contributed by atoms with Crippen molar-refractivity contribution in [1.82, 2.24) is 5.32 Å². The molecule has 14 heavy (non-hydrogen) atoms. The minimum atomic E-state index is 0.183. The zero-order valence-corrected chi connectivity index (χ0v) is 11.6. The van der Waals surface area contributed by atoms with Gasteiger partial charge in [-0.25, -0.2) is 0 Å². The van der Waals surface area contributed by atoms with E-state index in [4.69, 9.17) is 11.6 Å². The van der Waals surface area contributed by atoms with E-state index in [9.17, 15) is 0 Å². The molecular formula is C10H15BrClNS. The van der Waals surface area contributed by atoms with Gasteiger partial charge in [0.2, 0.25) is 0 Å². The topological polar surface area (TPSA) is 12.0 Å². The third kappa shape index (κ3) is 3.54. The molecule has 1 aromatic rings. The molecule has 0 amide bonds. The smallest absolute Gasteiger partial charge is 0.0348 e. The molecule has 0 aromatic carbocycles. The van der Waals surface area contributed by atoms with E-state index in [-0.39, 0.29) is 5.41 Å². The molecular weight excluding hydrogens is 282 g/mol. The van der Waals surface area contributed by atoms with E-state index in [0.29, 0.717) is 5.88 Å². The van der Waals surface area contributed by atoms with Crippen LogP contribution in [0.3, 0.4) is 0 Å². The number of hydrogen-bond acceptors (Lipinski definition) is 2. The van der Waals surface area contributed by atoms with Crippen LogP contribution in [-0.4, -0.2) is 19.0 Å². The standard InChI is InChI=1S/C10H15BrClNS/c1-10(2,7-13-4-3-12)9-5-8(11)6-14-9/h5-6,13H,3-4,7H2,1-2H3. The molecule has 0 radical (unpaired) electrons. The summed E-state index contributed by atoms with van der Waals surface area (Å²) >= 11 is 10.9. The molecule has 0 saturated heterocycles. The summed E-state index contributed by atoms with van der Waals surface area (Å²) in [6.07, 6.45) is 0. The Labute approximate surface area is 103 Å². The predicted octanol–water partition coefficient (Wildman–Crippen LogP) is 3.62. The molecule has 1 N–H and O–H groups in total. The van der Waals surface area contributed by atoms with E-state index in [1.165, 1.54) is 9.35 Å². The van der Waals surface area contributed by atoms with Gasteiger partial charge in [0.05, 0.1) is 0 Å². The number of rotatable bonds is 5. The molecule has 0 aliphatic heterocycles. The van der Waals surface area contributed by atoms with Crippen molar-refractivity contribution in [3.63, 3.8) is 0 Å². The number of nitrogens with one attached hydrogen (secondary N) is 1. The van der Waals surface area contributed by atoms with E-state index in [1.54, 1.807) is 11.3 Å². The van der Waals surface area contributed by atoms with Gasteiger partial charge in [-0.2, -0.15) is 0 Å². The number of alkyl halides is 1. The van der Waals surface area contributed by atoms with Crippen LogP contribution >= 0.6 is 38.9 Å². The maximum absolute atomic E-state index is 5.61. The van der Waals surface area contributed by atoms with Gasteiger partial charge >= 0.3 is 0 Å². The van der Waals surface area contributed by atoms with Crippen LogP contribution in [0.25, 0.3) is 0 Å². The average Bonchev–Trinajstić information content (AvgIpc) is 2.53. The Balaban J connectivity index is 2.56. The van der Waals surface area contributed by atoms with Gasteiger partial charge in [0, 0.05) is 39.1 Å². The van der Waals surface area contributed by atoms with E-state index >= 15 is 0 Å². The van der Waals surface area contributed by atoms with Crippen molar-refractivity contribution < 1.29 is 0 Å². The Kier molecular flexibility index (Phi) is 4.91. The highest BCUT2D eigenvalue weighted by Crippen LogP contribution is 2.30. The predicted molar refractivity (Wildman–Crippen MR) is 68.6 cm³/mol. The third-order valence-corrected chi connectivity index (χ3v) is 4.32. The first-order chi connectivity index (χ1) is 6.56. The molecule has 0 atom stereocenters. The summed E-state index contributed by atoms with van der Waals surface area (Å²) in [5.74, 6) is 0.671. The largest absolute Gasteiger partial charge is 0.315 e. The first-order valence-corrected chi connectivity index (χ1v) is 6.78. The first-order valence-electron chi connectivity index (χ1n) is 4.57. The fraction of sp³-hybridized carbons (Fsp3) is 0.600. The maximum atomic E-state index is 5.61. The minimum absolute atomic E-state index is 0.183. The molecule has 1 aromatic heterocycles. The van der Waals surface area contributed by atoms with Crippen LogP contribution in [0.4, 0.5) is 0 Å². The highest BCUT2D eigenvalue weighted by Gasteiger charge is 2.21. The van der Waals surface area contributed by atoms with E-state index in [1.807, 2.05) is 0 Å². The minimum Gasteiger partial charge on any atom is -0.315 e. The van der Waals surface area contributed by atoms with E-state index in [0.717, 1.165) is 13.1 Å². The second kappa shape index (κ2) is 5.50. The summed E-state index contributed by atoms with van der Waals surface area (Å²) in [5, 5.41) is 5.47. The van der Waals surface area contributed by atoms with Crippen molar-refractivity contribution in [1.29, 1.82) is 0 Å². The number of thiophene rings is 1. The summed E-state index contributed by atoms with van der Waals surface area (Å²) in [4.78, 5) is 1.39. The van der Waals surface area contributed by atoms with Crippen molar-refractivity contribution >= 4 is 38.9 Å². The fourth-order valence-electron chi connectivity index (χ4n) is 1.22. The molecule has 4 heteroatoms. The molecule has 0 bridgehead atoms. The van der Waals surface area contributed by atoms with Crippen LogP contribution in [-0.2, 0) is 5.41 Å². The molecule has 0 saturated carbocycles. The molecule has 1 nitrogen and oxygen atoms in total. The van der Waals surface area contributed by atoms with Crippen molar-refractivity contribution in [3.8, 4) is 0 Å². The van der Waals surface area contributed by atoms with Gasteiger partial charge in [-0.05, 0) is 22.0 Å². The molecule has 1 heterocycles. The monoisotopic (exact) mass is 295 g/mol. The summed E-state index contributed by atoms with van der Waals surface area (Å²) in [5.41, 5.74) is 0.183. The molecule has 1 rings (SSSR count). The quantitative estimate of drug-likeness (QED) is 0.646. The third-order valence-electron chi connectivity index (χ3n) is 2.07. The summed E-state index contributed by atoms with van der Waals surface area (Å²) in [6.45, 7) is 6.32. The molecule has 80 valence electrons. The van der Waals surface area contributed by atoms with Crippen molar-refractivity contribution in [3.05, 3.63) is 20.8 Å². The van der Waals surface area contributed by atoms with Gasteiger partial charge in [0.1, 0.15) is 0 Å².